The van der Waals surface area contributed by atoms with Gasteiger partial charge in [-0.05, 0) is 44.5 Å². The van der Waals surface area contributed by atoms with E-state index in [0.717, 1.165) is 26.1 Å². The van der Waals surface area contributed by atoms with E-state index in [4.69, 9.17) is 4.74 Å². The highest BCUT2D eigenvalue weighted by Crippen LogP contribution is 2.31. The van der Waals surface area contributed by atoms with E-state index in [0.29, 0.717) is 17.4 Å². The van der Waals surface area contributed by atoms with Gasteiger partial charge in [-0.15, -0.1) is 0 Å². The van der Waals surface area contributed by atoms with Crippen LogP contribution in [-0.2, 0) is 0 Å². The van der Waals surface area contributed by atoms with Gasteiger partial charge in [-0.3, -0.25) is 0 Å². The molecule has 2 rings (SSSR count). The Kier molecular flexibility index (Phi) is 5.61. The van der Waals surface area contributed by atoms with Crippen LogP contribution in [0.2, 0.25) is 0 Å². The number of rotatable bonds is 6. The summed E-state index contributed by atoms with van der Waals surface area (Å²) >= 11 is 0. The van der Waals surface area contributed by atoms with E-state index in [2.05, 4.69) is 22.0 Å². The molecular formula is C15H22F2N2O2. The smallest absolute Gasteiger partial charge is 0.387 e. The van der Waals surface area contributed by atoms with Crippen LogP contribution in [0.1, 0.15) is 12.8 Å². The van der Waals surface area contributed by atoms with Gasteiger partial charge >= 0.3 is 6.61 Å². The number of alkyl halides is 2. The van der Waals surface area contributed by atoms with Crippen LogP contribution < -0.4 is 14.8 Å². The predicted molar refractivity (Wildman–Crippen MR) is 78.3 cm³/mol. The topological polar surface area (TPSA) is 33.7 Å². The average molecular weight is 300 g/mol. The molecule has 1 aliphatic heterocycles. The average Bonchev–Trinajstić information content (AvgIpc) is 2.46. The number of hydrogen-bond donors (Lipinski definition) is 1. The fraction of sp³-hybridized carbons (Fsp3) is 0.600. The minimum atomic E-state index is -2.83. The summed E-state index contributed by atoms with van der Waals surface area (Å²) in [5.41, 5.74) is 0.544. The summed E-state index contributed by atoms with van der Waals surface area (Å²) < 4.78 is 34.6. The van der Waals surface area contributed by atoms with Crippen molar-refractivity contribution in [2.45, 2.75) is 19.5 Å². The second kappa shape index (κ2) is 7.45. The number of halogens is 2. The zero-order chi connectivity index (χ0) is 15.2. The van der Waals surface area contributed by atoms with Gasteiger partial charge in [0.2, 0.25) is 0 Å². The van der Waals surface area contributed by atoms with E-state index in [1.165, 1.54) is 12.5 Å². The Morgan fingerprint density at radius 1 is 1.43 bits per heavy atom. The third-order valence-electron chi connectivity index (χ3n) is 3.71. The summed E-state index contributed by atoms with van der Waals surface area (Å²) in [5, 5.41) is 3.22. The van der Waals surface area contributed by atoms with E-state index in [9.17, 15) is 8.78 Å². The van der Waals surface area contributed by atoms with E-state index in [1.807, 2.05) is 0 Å². The molecule has 4 nitrogen and oxygen atoms in total. The van der Waals surface area contributed by atoms with Crippen molar-refractivity contribution in [3.05, 3.63) is 18.2 Å². The summed E-state index contributed by atoms with van der Waals surface area (Å²) in [6, 6.07) is 4.79. The summed E-state index contributed by atoms with van der Waals surface area (Å²) in [6.45, 7) is 0.0360. The van der Waals surface area contributed by atoms with E-state index in [1.54, 1.807) is 19.2 Å². The molecule has 1 heterocycles. The molecule has 1 N–H and O–H groups in total. The molecule has 0 amide bonds. The maximum Gasteiger partial charge on any atom is 0.387 e. The number of benzene rings is 1. The summed E-state index contributed by atoms with van der Waals surface area (Å²) in [5.74, 6) is 1.27. The fourth-order valence-electron chi connectivity index (χ4n) is 2.67. The SMILES string of the molecule is COc1ccc(OC(F)F)c(NCC2CCCN(C)C2)c1. The molecule has 21 heavy (non-hydrogen) atoms. The lowest BCUT2D eigenvalue weighted by Gasteiger charge is -2.30. The Morgan fingerprint density at radius 2 is 2.24 bits per heavy atom. The second-order valence-corrected chi connectivity index (χ2v) is 5.39. The molecule has 0 saturated carbocycles. The Hall–Kier alpha value is -1.56. The first-order valence-corrected chi connectivity index (χ1v) is 7.13. The Balaban J connectivity index is 2.02. The maximum absolute atomic E-state index is 12.4. The molecule has 0 bridgehead atoms. The number of likely N-dealkylation sites (tertiary alicyclic amines) is 1. The van der Waals surface area contributed by atoms with E-state index in [-0.39, 0.29) is 5.75 Å². The molecule has 1 atom stereocenters. The second-order valence-electron chi connectivity index (χ2n) is 5.39. The Morgan fingerprint density at radius 3 is 2.90 bits per heavy atom. The predicted octanol–water partition coefficient (Wildman–Crippen LogP) is 3.05. The molecule has 0 aromatic heterocycles. The van der Waals surface area contributed by atoms with Gasteiger partial charge in [0.05, 0.1) is 12.8 Å². The third-order valence-corrected chi connectivity index (χ3v) is 3.71. The molecule has 0 radical (unpaired) electrons. The Bertz CT molecular complexity index is 457. The van der Waals surface area contributed by atoms with Crippen LogP contribution in [0.25, 0.3) is 0 Å². The van der Waals surface area contributed by atoms with E-state index >= 15 is 0 Å². The molecule has 0 spiro atoms. The number of piperidine rings is 1. The van der Waals surface area contributed by atoms with Crippen LogP contribution in [0.4, 0.5) is 14.5 Å². The maximum atomic E-state index is 12.4. The normalized spacial score (nSPS) is 19.6. The number of ether oxygens (including phenoxy) is 2. The van der Waals surface area contributed by atoms with Crippen LogP contribution in [-0.4, -0.2) is 45.3 Å². The number of anilines is 1. The molecule has 1 aromatic rings. The van der Waals surface area contributed by atoms with Gasteiger partial charge in [0.25, 0.3) is 0 Å². The monoisotopic (exact) mass is 300 g/mol. The molecule has 1 saturated heterocycles. The molecule has 1 unspecified atom stereocenters. The molecule has 0 aliphatic carbocycles. The van der Waals surface area contributed by atoms with Crippen LogP contribution in [0.5, 0.6) is 11.5 Å². The molecule has 1 aliphatic rings. The van der Waals surface area contributed by atoms with Crippen molar-refractivity contribution in [3.8, 4) is 11.5 Å². The largest absolute Gasteiger partial charge is 0.497 e. The highest BCUT2D eigenvalue weighted by molar-refractivity contribution is 5.59. The lowest BCUT2D eigenvalue weighted by molar-refractivity contribution is -0.0494. The quantitative estimate of drug-likeness (QED) is 0.875. The van der Waals surface area contributed by atoms with Crippen LogP contribution in [0.3, 0.4) is 0 Å². The van der Waals surface area contributed by atoms with Crippen LogP contribution in [0.15, 0.2) is 18.2 Å². The molecule has 1 aromatic carbocycles. The van der Waals surface area contributed by atoms with Crippen molar-refractivity contribution < 1.29 is 18.3 Å². The summed E-state index contributed by atoms with van der Waals surface area (Å²) in [4.78, 5) is 2.29. The zero-order valence-electron chi connectivity index (χ0n) is 12.4. The molecule has 1 fully saturated rings. The number of hydrogen-bond acceptors (Lipinski definition) is 4. The van der Waals surface area contributed by atoms with Crippen molar-refractivity contribution in [2.24, 2.45) is 5.92 Å². The third kappa shape index (κ3) is 4.74. The first kappa shape index (κ1) is 15.8. The van der Waals surface area contributed by atoms with Crippen molar-refractivity contribution in [1.29, 1.82) is 0 Å². The molecule has 6 heteroatoms. The van der Waals surface area contributed by atoms with Gasteiger partial charge in [0.1, 0.15) is 11.5 Å². The van der Waals surface area contributed by atoms with Crippen LogP contribution >= 0.6 is 0 Å². The minimum absolute atomic E-state index is 0.148. The van der Waals surface area contributed by atoms with Gasteiger partial charge < -0.3 is 19.7 Å². The highest BCUT2D eigenvalue weighted by Gasteiger charge is 2.18. The van der Waals surface area contributed by atoms with Gasteiger partial charge in [-0.25, -0.2) is 0 Å². The minimum Gasteiger partial charge on any atom is -0.497 e. The summed E-state index contributed by atoms with van der Waals surface area (Å²) in [6.07, 6.45) is 2.31. The van der Waals surface area contributed by atoms with Gasteiger partial charge in [0, 0.05) is 19.2 Å². The first-order valence-electron chi connectivity index (χ1n) is 7.13. The Labute approximate surface area is 124 Å². The van der Waals surface area contributed by atoms with Crippen molar-refractivity contribution in [3.63, 3.8) is 0 Å². The summed E-state index contributed by atoms with van der Waals surface area (Å²) in [7, 11) is 3.64. The van der Waals surface area contributed by atoms with Gasteiger partial charge in [-0.2, -0.15) is 8.78 Å². The van der Waals surface area contributed by atoms with Crippen molar-refractivity contribution in [2.75, 3.05) is 39.1 Å². The molecular weight excluding hydrogens is 278 g/mol. The lowest BCUT2D eigenvalue weighted by atomic mass is 9.98. The standard InChI is InChI=1S/C15H22F2N2O2/c1-19-7-3-4-11(10-19)9-18-13-8-12(20-2)5-6-14(13)21-15(16)17/h5-6,8,11,15,18H,3-4,7,9-10H2,1-2H3. The van der Waals surface area contributed by atoms with Gasteiger partial charge in [-0.1, -0.05) is 0 Å². The molecule has 118 valence electrons. The van der Waals surface area contributed by atoms with Crippen molar-refractivity contribution >= 4 is 5.69 Å². The number of nitrogens with zero attached hydrogens (tertiary/aromatic N) is 1. The number of nitrogens with one attached hydrogen (secondary N) is 1. The van der Waals surface area contributed by atoms with Crippen molar-refractivity contribution in [1.82, 2.24) is 4.90 Å². The first-order chi connectivity index (χ1) is 10.1. The lowest BCUT2D eigenvalue weighted by Crippen LogP contribution is -2.35. The zero-order valence-corrected chi connectivity index (χ0v) is 12.4. The van der Waals surface area contributed by atoms with Crippen LogP contribution in [0, 0.1) is 5.92 Å². The highest BCUT2D eigenvalue weighted by atomic mass is 19.3. The fourth-order valence-corrected chi connectivity index (χ4v) is 2.67. The van der Waals surface area contributed by atoms with Gasteiger partial charge in [0.15, 0.2) is 0 Å². The van der Waals surface area contributed by atoms with E-state index < -0.39 is 6.61 Å². The number of methoxy groups -OCH3 is 1.